The summed E-state index contributed by atoms with van der Waals surface area (Å²) in [5.74, 6) is -0.961. The molecule has 1 aliphatic rings. The summed E-state index contributed by atoms with van der Waals surface area (Å²) in [6.45, 7) is 0.228. The van der Waals surface area contributed by atoms with E-state index in [0.717, 1.165) is 0 Å². The van der Waals surface area contributed by atoms with Gasteiger partial charge in [0.2, 0.25) is 11.8 Å². The van der Waals surface area contributed by atoms with Crippen molar-refractivity contribution in [1.82, 2.24) is 10.9 Å². The number of hydrogen-bond acceptors (Lipinski definition) is 4. The summed E-state index contributed by atoms with van der Waals surface area (Å²) >= 11 is 0. The number of ether oxygens (including phenoxy) is 1. The lowest BCUT2D eigenvalue weighted by molar-refractivity contribution is -0.126. The Morgan fingerprint density at radius 2 is 1.73 bits per heavy atom. The van der Waals surface area contributed by atoms with Crippen LogP contribution in [0.25, 0.3) is 0 Å². The van der Waals surface area contributed by atoms with Crippen molar-refractivity contribution in [2.45, 2.75) is 6.42 Å². The first kappa shape index (κ1) is 17.5. The Balaban J connectivity index is 1.61. The zero-order valence-corrected chi connectivity index (χ0v) is 14.3. The van der Waals surface area contributed by atoms with Crippen LogP contribution >= 0.6 is 0 Å². The van der Waals surface area contributed by atoms with Gasteiger partial charge < -0.3 is 9.64 Å². The van der Waals surface area contributed by atoms with Gasteiger partial charge in [-0.1, -0.05) is 30.3 Å². The number of para-hydroxylation sites is 2. The standard InChI is InChI=1S/C19H19N3O4/c1-26-16-10-6-5-9-15(16)22-12-14(11-17(22)23)19(25)21-20-18(24)13-7-3-2-4-8-13/h2-10,14H,11-12H2,1H3,(H,20,24)(H,21,25). The molecule has 2 aromatic carbocycles. The van der Waals surface area contributed by atoms with Crippen molar-refractivity contribution in [3.05, 3.63) is 60.2 Å². The first-order valence-electron chi connectivity index (χ1n) is 8.18. The second-order valence-electron chi connectivity index (χ2n) is 5.89. The number of carbonyl (C=O) groups is 3. The zero-order chi connectivity index (χ0) is 18.5. The second-order valence-corrected chi connectivity index (χ2v) is 5.89. The van der Waals surface area contributed by atoms with Gasteiger partial charge in [-0.05, 0) is 24.3 Å². The molecular weight excluding hydrogens is 334 g/mol. The highest BCUT2D eigenvalue weighted by Crippen LogP contribution is 2.32. The van der Waals surface area contributed by atoms with E-state index in [9.17, 15) is 14.4 Å². The predicted octanol–water partition coefficient (Wildman–Crippen LogP) is 1.51. The molecule has 1 fully saturated rings. The third kappa shape index (κ3) is 3.66. The Labute approximate surface area is 150 Å². The summed E-state index contributed by atoms with van der Waals surface area (Å²) in [6, 6.07) is 15.7. The lowest BCUT2D eigenvalue weighted by atomic mass is 10.1. The minimum atomic E-state index is -0.552. The van der Waals surface area contributed by atoms with Gasteiger partial charge in [0, 0.05) is 18.5 Å². The maximum atomic E-state index is 12.3. The van der Waals surface area contributed by atoms with Crippen LogP contribution in [-0.4, -0.2) is 31.4 Å². The van der Waals surface area contributed by atoms with Crippen LogP contribution < -0.4 is 20.5 Å². The number of benzene rings is 2. The Morgan fingerprint density at radius 1 is 1.04 bits per heavy atom. The Hall–Kier alpha value is -3.35. The van der Waals surface area contributed by atoms with Crippen molar-refractivity contribution in [1.29, 1.82) is 0 Å². The van der Waals surface area contributed by atoms with E-state index in [1.807, 2.05) is 6.07 Å². The molecule has 2 aromatic rings. The molecule has 0 bridgehead atoms. The zero-order valence-electron chi connectivity index (χ0n) is 14.3. The van der Waals surface area contributed by atoms with Crippen molar-refractivity contribution in [3.63, 3.8) is 0 Å². The van der Waals surface area contributed by atoms with Crippen molar-refractivity contribution in [2.24, 2.45) is 5.92 Å². The van der Waals surface area contributed by atoms with Gasteiger partial charge in [-0.15, -0.1) is 0 Å². The van der Waals surface area contributed by atoms with Crippen LogP contribution in [0.15, 0.2) is 54.6 Å². The highest BCUT2D eigenvalue weighted by molar-refractivity contribution is 6.02. The van der Waals surface area contributed by atoms with E-state index in [0.29, 0.717) is 17.0 Å². The molecule has 0 aliphatic carbocycles. The molecule has 2 N–H and O–H groups in total. The van der Waals surface area contributed by atoms with Gasteiger partial charge in [-0.25, -0.2) is 0 Å². The number of rotatable bonds is 4. The van der Waals surface area contributed by atoms with Crippen molar-refractivity contribution in [2.75, 3.05) is 18.6 Å². The van der Waals surface area contributed by atoms with E-state index in [-0.39, 0.29) is 18.9 Å². The van der Waals surface area contributed by atoms with Gasteiger partial charge in [-0.2, -0.15) is 0 Å². The highest BCUT2D eigenvalue weighted by atomic mass is 16.5. The Bertz CT molecular complexity index is 823. The number of anilines is 1. The molecule has 0 aromatic heterocycles. The van der Waals surface area contributed by atoms with Crippen LogP contribution in [0.3, 0.4) is 0 Å². The number of methoxy groups -OCH3 is 1. The summed E-state index contributed by atoms with van der Waals surface area (Å²) in [7, 11) is 1.53. The fourth-order valence-electron chi connectivity index (χ4n) is 2.85. The van der Waals surface area contributed by atoms with Crippen LogP contribution in [0.5, 0.6) is 5.75 Å². The molecule has 3 rings (SSSR count). The molecule has 1 aliphatic heterocycles. The van der Waals surface area contributed by atoms with Gasteiger partial charge >= 0.3 is 0 Å². The van der Waals surface area contributed by atoms with Crippen LogP contribution in [-0.2, 0) is 9.59 Å². The van der Waals surface area contributed by atoms with Gasteiger partial charge in [0.05, 0.1) is 18.7 Å². The van der Waals surface area contributed by atoms with Crippen LogP contribution in [0.4, 0.5) is 5.69 Å². The molecule has 1 atom stereocenters. The summed E-state index contributed by atoms with van der Waals surface area (Å²) < 4.78 is 5.28. The molecule has 7 heteroatoms. The molecule has 0 radical (unpaired) electrons. The first-order valence-corrected chi connectivity index (χ1v) is 8.18. The molecule has 1 saturated heterocycles. The second kappa shape index (κ2) is 7.69. The topological polar surface area (TPSA) is 87.7 Å². The van der Waals surface area contributed by atoms with Crippen molar-refractivity contribution in [3.8, 4) is 5.75 Å². The quantitative estimate of drug-likeness (QED) is 0.816. The summed E-state index contributed by atoms with van der Waals surface area (Å²) in [5, 5.41) is 0. The lowest BCUT2D eigenvalue weighted by Crippen LogP contribution is -2.45. The number of hydrazine groups is 1. The molecule has 0 saturated carbocycles. The van der Waals surface area contributed by atoms with E-state index in [1.54, 1.807) is 48.5 Å². The maximum Gasteiger partial charge on any atom is 0.269 e. The van der Waals surface area contributed by atoms with Crippen LogP contribution in [0.2, 0.25) is 0 Å². The number of amides is 3. The van der Waals surface area contributed by atoms with Crippen LogP contribution in [0.1, 0.15) is 16.8 Å². The highest BCUT2D eigenvalue weighted by Gasteiger charge is 2.36. The minimum absolute atomic E-state index is 0.0745. The minimum Gasteiger partial charge on any atom is -0.495 e. The fourth-order valence-corrected chi connectivity index (χ4v) is 2.85. The normalized spacial score (nSPS) is 16.3. The van der Waals surface area contributed by atoms with E-state index in [1.165, 1.54) is 12.0 Å². The summed E-state index contributed by atoms with van der Waals surface area (Å²) in [6.07, 6.45) is 0.0745. The number of hydrogen-bond donors (Lipinski definition) is 2. The van der Waals surface area contributed by atoms with Crippen molar-refractivity contribution >= 4 is 23.4 Å². The van der Waals surface area contributed by atoms with E-state index >= 15 is 0 Å². The molecule has 3 amide bonds. The molecular formula is C19H19N3O4. The lowest BCUT2D eigenvalue weighted by Gasteiger charge is -2.19. The van der Waals surface area contributed by atoms with E-state index < -0.39 is 17.7 Å². The fraction of sp³-hybridized carbons (Fsp3) is 0.211. The molecule has 0 spiro atoms. The molecule has 1 heterocycles. The maximum absolute atomic E-state index is 12.3. The third-order valence-corrected chi connectivity index (χ3v) is 4.21. The SMILES string of the molecule is COc1ccccc1N1CC(C(=O)NNC(=O)c2ccccc2)CC1=O. The average Bonchev–Trinajstić information content (AvgIpc) is 3.08. The first-order chi connectivity index (χ1) is 12.6. The summed E-state index contributed by atoms with van der Waals surface area (Å²) in [5.41, 5.74) is 5.83. The molecule has 7 nitrogen and oxygen atoms in total. The predicted molar refractivity (Wildman–Crippen MR) is 95.5 cm³/mol. The summed E-state index contributed by atoms with van der Waals surface area (Å²) in [4.78, 5) is 38.2. The van der Waals surface area contributed by atoms with E-state index in [2.05, 4.69) is 10.9 Å². The van der Waals surface area contributed by atoms with Gasteiger partial charge in [0.15, 0.2) is 0 Å². The Kier molecular flexibility index (Phi) is 5.17. The van der Waals surface area contributed by atoms with Crippen LogP contribution in [0, 0.1) is 5.92 Å². The molecule has 134 valence electrons. The number of carbonyl (C=O) groups excluding carboxylic acids is 3. The smallest absolute Gasteiger partial charge is 0.269 e. The largest absolute Gasteiger partial charge is 0.495 e. The van der Waals surface area contributed by atoms with E-state index in [4.69, 9.17) is 4.74 Å². The van der Waals surface area contributed by atoms with Crippen molar-refractivity contribution < 1.29 is 19.1 Å². The number of nitrogens with zero attached hydrogens (tertiary/aromatic N) is 1. The average molecular weight is 353 g/mol. The molecule has 26 heavy (non-hydrogen) atoms. The third-order valence-electron chi connectivity index (χ3n) is 4.21. The molecule has 1 unspecified atom stereocenters. The van der Waals surface area contributed by atoms with Gasteiger partial charge in [-0.3, -0.25) is 25.2 Å². The Morgan fingerprint density at radius 3 is 2.46 bits per heavy atom. The number of nitrogens with one attached hydrogen (secondary N) is 2. The van der Waals surface area contributed by atoms with Gasteiger partial charge in [0.1, 0.15) is 5.75 Å². The monoisotopic (exact) mass is 353 g/mol. The van der Waals surface area contributed by atoms with Gasteiger partial charge in [0.25, 0.3) is 5.91 Å².